The van der Waals surface area contributed by atoms with Gasteiger partial charge in [-0.2, -0.15) is 0 Å². The van der Waals surface area contributed by atoms with Gasteiger partial charge in [-0.25, -0.2) is 9.97 Å². The first kappa shape index (κ1) is 28.1. The second kappa shape index (κ2) is 10.6. The number of fused-ring (bicyclic) bond motifs is 13. The van der Waals surface area contributed by atoms with Crippen LogP contribution in [0.4, 0.5) is 0 Å². The molecule has 3 heterocycles. The van der Waals surface area contributed by atoms with Gasteiger partial charge >= 0.3 is 0 Å². The average molecular weight is 653 g/mol. The Morgan fingerprint density at radius 3 is 1.98 bits per heavy atom. The Morgan fingerprint density at radius 2 is 1.12 bits per heavy atom. The molecule has 1 spiro atoms. The Hall–Kier alpha value is -6.78. The molecule has 0 radical (unpaired) electrons. The first-order valence-corrected chi connectivity index (χ1v) is 17.2. The molecule has 7 aromatic carbocycles. The van der Waals surface area contributed by atoms with Crippen molar-refractivity contribution in [1.29, 1.82) is 0 Å². The highest BCUT2D eigenvalue weighted by Gasteiger charge is 2.52. The SMILES string of the molecule is c1ccc(-c2cc(-c3cccc4c3Oc3ccccc3C43c4ccccc4-c4c3ccc3oc5ccccc5c43)nc(-c3ccccc3)n2)cc1. The lowest BCUT2D eigenvalue weighted by molar-refractivity contribution is 0.438. The molecule has 1 atom stereocenters. The minimum atomic E-state index is -0.643. The fourth-order valence-corrected chi connectivity index (χ4v) is 8.49. The third kappa shape index (κ3) is 3.90. The van der Waals surface area contributed by atoms with E-state index in [-0.39, 0.29) is 0 Å². The topological polar surface area (TPSA) is 48.2 Å². The smallest absolute Gasteiger partial charge is 0.160 e. The maximum atomic E-state index is 7.03. The summed E-state index contributed by atoms with van der Waals surface area (Å²) < 4.78 is 13.5. The number of benzene rings is 7. The van der Waals surface area contributed by atoms with Gasteiger partial charge in [0, 0.05) is 38.6 Å². The van der Waals surface area contributed by atoms with Gasteiger partial charge in [0.2, 0.25) is 0 Å². The van der Waals surface area contributed by atoms with Crippen molar-refractivity contribution in [2.75, 3.05) is 0 Å². The van der Waals surface area contributed by atoms with Gasteiger partial charge in [0.25, 0.3) is 0 Å². The number of hydrogen-bond donors (Lipinski definition) is 0. The Balaban J connectivity index is 1.24. The van der Waals surface area contributed by atoms with Crippen molar-refractivity contribution in [3.05, 3.63) is 192 Å². The Labute approximate surface area is 294 Å². The molecule has 11 rings (SSSR count). The summed E-state index contributed by atoms with van der Waals surface area (Å²) in [6.07, 6.45) is 0. The largest absolute Gasteiger partial charge is 0.456 e. The normalized spacial score (nSPS) is 15.3. The molecule has 0 amide bonds. The summed E-state index contributed by atoms with van der Waals surface area (Å²) in [6, 6.07) is 59.2. The highest BCUT2D eigenvalue weighted by molar-refractivity contribution is 6.15. The van der Waals surface area contributed by atoms with Gasteiger partial charge in [-0.05, 0) is 52.6 Å². The molecule has 4 heteroatoms. The van der Waals surface area contributed by atoms with Gasteiger partial charge in [0.05, 0.1) is 16.8 Å². The monoisotopic (exact) mass is 652 g/mol. The lowest BCUT2D eigenvalue weighted by atomic mass is 9.65. The van der Waals surface area contributed by atoms with Crippen molar-refractivity contribution < 1.29 is 9.15 Å². The Bertz CT molecular complexity index is 2780. The van der Waals surface area contributed by atoms with E-state index in [1.807, 2.05) is 42.5 Å². The molecule has 0 saturated heterocycles. The van der Waals surface area contributed by atoms with Gasteiger partial charge in [0.15, 0.2) is 5.82 Å². The Kier molecular flexibility index (Phi) is 5.84. The van der Waals surface area contributed by atoms with E-state index in [1.165, 1.54) is 22.3 Å². The third-order valence-electron chi connectivity index (χ3n) is 10.6. The van der Waals surface area contributed by atoms with Crippen LogP contribution in [0.2, 0.25) is 0 Å². The molecule has 1 aliphatic heterocycles. The molecule has 238 valence electrons. The molecule has 9 aromatic rings. The number of para-hydroxylation sites is 3. The van der Waals surface area contributed by atoms with E-state index in [2.05, 4.69) is 127 Å². The molecule has 0 fully saturated rings. The van der Waals surface area contributed by atoms with Gasteiger partial charge in [-0.15, -0.1) is 0 Å². The van der Waals surface area contributed by atoms with E-state index in [9.17, 15) is 0 Å². The van der Waals surface area contributed by atoms with Crippen molar-refractivity contribution in [3.63, 3.8) is 0 Å². The molecule has 2 aromatic heterocycles. The average Bonchev–Trinajstić information content (AvgIpc) is 3.72. The molecule has 4 nitrogen and oxygen atoms in total. The summed E-state index contributed by atoms with van der Waals surface area (Å²) in [5, 5.41) is 2.26. The maximum absolute atomic E-state index is 7.03. The van der Waals surface area contributed by atoms with Crippen molar-refractivity contribution >= 4 is 21.9 Å². The van der Waals surface area contributed by atoms with E-state index >= 15 is 0 Å². The number of rotatable bonds is 3. The first-order valence-electron chi connectivity index (χ1n) is 17.2. The predicted molar refractivity (Wildman–Crippen MR) is 203 cm³/mol. The van der Waals surface area contributed by atoms with Gasteiger partial charge in [0.1, 0.15) is 22.7 Å². The second-order valence-corrected chi connectivity index (χ2v) is 13.2. The zero-order chi connectivity index (χ0) is 33.5. The summed E-state index contributed by atoms with van der Waals surface area (Å²) >= 11 is 0. The number of furan rings is 1. The fraction of sp³-hybridized carbons (Fsp3) is 0.0213. The fourth-order valence-electron chi connectivity index (χ4n) is 8.49. The van der Waals surface area contributed by atoms with Gasteiger partial charge in [-0.3, -0.25) is 0 Å². The number of hydrogen-bond acceptors (Lipinski definition) is 4. The quantitative estimate of drug-likeness (QED) is 0.191. The lowest BCUT2D eigenvalue weighted by Crippen LogP contribution is -2.32. The molecule has 0 saturated carbocycles. The van der Waals surface area contributed by atoms with E-state index in [4.69, 9.17) is 19.1 Å². The molecular weight excluding hydrogens is 625 g/mol. The second-order valence-electron chi connectivity index (χ2n) is 13.2. The minimum Gasteiger partial charge on any atom is -0.456 e. The highest BCUT2D eigenvalue weighted by atomic mass is 16.5. The van der Waals surface area contributed by atoms with Crippen LogP contribution < -0.4 is 4.74 Å². The molecule has 0 bridgehead atoms. The van der Waals surface area contributed by atoms with Crippen LogP contribution >= 0.6 is 0 Å². The van der Waals surface area contributed by atoms with E-state index < -0.39 is 5.41 Å². The molecule has 2 aliphatic rings. The summed E-state index contributed by atoms with van der Waals surface area (Å²) in [5.74, 6) is 2.30. The third-order valence-corrected chi connectivity index (χ3v) is 10.6. The zero-order valence-corrected chi connectivity index (χ0v) is 27.4. The van der Waals surface area contributed by atoms with Crippen LogP contribution in [0.5, 0.6) is 11.5 Å². The maximum Gasteiger partial charge on any atom is 0.160 e. The van der Waals surface area contributed by atoms with Crippen molar-refractivity contribution in [1.82, 2.24) is 9.97 Å². The van der Waals surface area contributed by atoms with Crippen LogP contribution in [0.15, 0.2) is 174 Å². The number of aromatic nitrogens is 2. The van der Waals surface area contributed by atoms with Crippen LogP contribution in [0.25, 0.3) is 67.0 Å². The van der Waals surface area contributed by atoms with Crippen LogP contribution in [-0.2, 0) is 5.41 Å². The minimum absolute atomic E-state index is 0.643. The van der Waals surface area contributed by atoms with Gasteiger partial charge < -0.3 is 9.15 Å². The summed E-state index contributed by atoms with van der Waals surface area (Å²) in [5.41, 5.74) is 12.8. The van der Waals surface area contributed by atoms with E-state index in [0.29, 0.717) is 5.82 Å². The standard InChI is InChI=1S/C47H28N2O2/c1-3-14-29(15-4-1)38-28-39(49-46(48-38)30-16-5-2-6-17-30)32-20-13-23-37-45(32)51-41-25-12-10-22-35(41)47(37)34-21-9-7-18-31(34)43-36(47)26-27-42-44(43)33-19-8-11-24-40(33)50-42/h1-28H. The Morgan fingerprint density at radius 1 is 0.451 bits per heavy atom. The predicted octanol–water partition coefficient (Wildman–Crippen LogP) is 11.8. The van der Waals surface area contributed by atoms with Crippen molar-refractivity contribution in [2.24, 2.45) is 0 Å². The lowest BCUT2D eigenvalue weighted by Gasteiger charge is -2.40. The van der Waals surface area contributed by atoms with Crippen LogP contribution in [-0.4, -0.2) is 9.97 Å². The van der Waals surface area contributed by atoms with E-state index in [0.717, 1.165) is 72.6 Å². The zero-order valence-electron chi connectivity index (χ0n) is 27.4. The van der Waals surface area contributed by atoms with Crippen molar-refractivity contribution in [2.45, 2.75) is 5.41 Å². The number of ether oxygens (including phenoxy) is 1. The van der Waals surface area contributed by atoms with E-state index in [1.54, 1.807) is 0 Å². The highest BCUT2D eigenvalue weighted by Crippen LogP contribution is 2.64. The van der Waals surface area contributed by atoms with Crippen LogP contribution in [0.3, 0.4) is 0 Å². The van der Waals surface area contributed by atoms with Crippen LogP contribution in [0, 0.1) is 0 Å². The van der Waals surface area contributed by atoms with Crippen LogP contribution in [0.1, 0.15) is 22.3 Å². The molecule has 51 heavy (non-hydrogen) atoms. The first-order chi connectivity index (χ1) is 25.3. The summed E-state index contributed by atoms with van der Waals surface area (Å²) in [6.45, 7) is 0. The summed E-state index contributed by atoms with van der Waals surface area (Å²) in [7, 11) is 0. The number of nitrogens with zero attached hydrogens (tertiary/aromatic N) is 2. The molecule has 1 aliphatic carbocycles. The molecule has 0 N–H and O–H groups in total. The molecular formula is C47H28N2O2. The van der Waals surface area contributed by atoms with Crippen molar-refractivity contribution in [3.8, 4) is 56.5 Å². The van der Waals surface area contributed by atoms with Gasteiger partial charge in [-0.1, -0.05) is 140 Å². The molecule has 1 unspecified atom stereocenters. The summed E-state index contributed by atoms with van der Waals surface area (Å²) in [4.78, 5) is 10.3.